The molecule has 0 atom stereocenters. The van der Waals surface area contributed by atoms with Crippen LogP contribution in [-0.2, 0) is 4.79 Å². The second-order valence-corrected chi connectivity index (χ2v) is 5.98. The molecular formula is C20H13ClN2O3. The molecule has 0 spiro atoms. The zero-order valence-corrected chi connectivity index (χ0v) is 14.2. The number of furan rings is 1. The Hall–Kier alpha value is -3.31. The Morgan fingerprint density at radius 2 is 1.96 bits per heavy atom. The van der Waals surface area contributed by atoms with Crippen LogP contribution in [0.3, 0.4) is 0 Å². The van der Waals surface area contributed by atoms with E-state index in [0.717, 1.165) is 5.56 Å². The summed E-state index contributed by atoms with van der Waals surface area (Å²) in [5.41, 5.74) is 2.85. The fraction of sp³-hybridized carbons (Fsp3) is 0. The maximum Gasteiger partial charge on any atom is 0.248 e. The van der Waals surface area contributed by atoms with Crippen LogP contribution in [0.15, 0.2) is 75.8 Å². The van der Waals surface area contributed by atoms with Crippen molar-refractivity contribution in [3.63, 3.8) is 0 Å². The predicted octanol–water partition coefficient (Wildman–Crippen LogP) is 5.39. The van der Waals surface area contributed by atoms with Gasteiger partial charge < -0.3 is 14.2 Å². The maximum absolute atomic E-state index is 11.9. The maximum atomic E-state index is 11.9. The minimum absolute atomic E-state index is 0.245. The lowest BCUT2D eigenvalue weighted by Crippen LogP contribution is -2.07. The van der Waals surface area contributed by atoms with Crippen LogP contribution >= 0.6 is 11.6 Å². The van der Waals surface area contributed by atoms with Gasteiger partial charge in [-0.05, 0) is 60.7 Å². The Labute approximate surface area is 153 Å². The molecule has 128 valence electrons. The highest BCUT2D eigenvalue weighted by Gasteiger charge is 2.09. The van der Waals surface area contributed by atoms with Crippen LogP contribution in [0.4, 0.5) is 5.69 Å². The minimum Gasteiger partial charge on any atom is -0.465 e. The highest BCUT2D eigenvalue weighted by atomic mass is 35.5. The summed E-state index contributed by atoms with van der Waals surface area (Å²) in [4.78, 5) is 16.4. The molecule has 2 aromatic carbocycles. The van der Waals surface area contributed by atoms with Gasteiger partial charge in [0.2, 0.25) is 11.8 Å². The van der Waals surface area contributed by atoms with Gasteiger partial charge in [-0.3, -0.25) is 4.79 Å². The molecule has 4 rings (SSSR count). The van der Waals surface area contributed by atoms with Gasteiger partial charge in [-0.2, -0.15) is 0 Å². The molecule has 0 saturated carbocycles. The monoisotopic (exact) mass is 364 g/mol. The molecule has 0 aliphatic rings. The molecular weight excluding hydrogens is 352 g/mol. The van der Waals surface area contributed by atoms with Crippen LogP contribution in [0, 0.1) is 0 Å². The molecule has 4 aromatic rings. The molecule has 1 N–H and O–H groups in total. The van der Waals surface area contributed by atoms with Crippen LogP contribution < -0.4 is 5.32 Å². The summed E-state index contributed by atoms with van der Waals surface area (Å²) >= 11 is 5.97. The summed E-state index contributed by atoms with van der Waals surface area (Å²) in [7, 11) is 0. The van der Waals surface area contributed by atoms with E-state index < -0.39 is 0 Å². The Bertz CT molecular complexity index is 1080. The zero-order valence-electron chi connectivity index (χ0n) is 13.5. The van der Waals surface area contributed by atoms with Crippen molar-refractivity contribution in [3.05, 3.63) is 77.7 Å². The average Bonchev–Trinajstić information content (AvgIpc) is 3.29. The van der Waals surface area contributed by atoms with Crippen LogP contribution in [0.5, 0.6) is 0 Å². The van der Waals surface area contributed by atoms with Gasteiger partial charge in [-0.1, -0.05) is 11.6 Å². The number of rotatable bonds is 4. The fourth-order valence-corrected chi connectivity index (χ4v) is 2.61. The molecule has 0 fully saturated rings. The number of oxazole rings is 1. The second-order valence-electron chi connectivity index (χ2n) is 5.55. The van der Waals surface area contributed by atoms with Gasteiger partial charge in [-0.25, -0.2) is 4.98 Å². The number of carbonyl (C=O) groups is 1. The van der Waals surface area contributed by atoms with Crippen molar-refractivity contribution >= 4 is 40.4 Å². The van der Waals surface area contributed by atoms with E-state index in [0.29, 0.717) is 33.5 Å². The van der Waals surface area contributed by atoms with Crippen LogP contribution in [0.2, 0.25) is 5.02 Å². The van der Waals surface area contributed by atoms with E-state index >= 15 is 0 Å². The zero-order chi connectivity index (χ0) is 17.9. The van der Waals surface area contributed by atoms with Crippen molar-refractivity contribution in [2.45, 2.75) is 0 Å². The number of anilines is 1. The highest BCUT2D eigenvalue weighted by molar-refractivity contribution is 6.31. The van der Waals surface area contributed by atoms with Crippen LogP contribution in [0.1, 0.15) is 5.76 Å². The molecule has 0 unspecified atom stereocenters. The Morgan fingerprint density at radius 3 is 2.73 bits per heavy atom. The number of halogens is 1. The predicted molar refractivity (Wildman–Crippen MR) is 101 cm³/mol. The summed E-state index contributed by atoms with van der Waals surface area (Å²) in [6, 6.07) is 16.1. The van der Waals surface area contributed by atoms with E-state index in [9.17, 15) is 4.79 Å². The van der Waals surface area contributed by atoms with Crippen LogP contribution in [0.25, 0.3) is 28.6 Å². The van der Waals surface area contributed by atoms with Gasteiger partial charge in [0.1, 0.15) is 11.3 Å². The summed E-state index contributed by atoms with van der Waals surface area (Å²) in [5, 5.41) is 3.39. The molecule has 6 heteroatoms. The smallest absolute Gasteiger partial charge is 0.248 e. The summed E-state index contributed by atoms with van der Waals surface area (Å²) < 4.78 is 10.9. The third-order valence-corrected chi connectivity index (χ3v) is 3.93. The third-order valence-electron chi connectivity index (χ3n) is 3.69. The molecule has 2 aromatic heterocycles. The number of nitrogens with zero attached hydrogens (tertiary/aromatic N) is 1. The number of fused-ring (bicyclic) bond motifs is 1. The number of carbonyl (C=O) groups excluding carboxylic acids is 1. The number of aromatic nitrogens is 1. The molecule has 0 aliphatic carbocycles. The number of amides is 1. The largest absolute Gasteiger partial charge is 0.465 e. The SMILES string of the molecule is O=C(C=Cc1ccco1)Nc1ccc(-c2nc3cc(Cl)ccc3o2)cc1. The van der Waals surface area contributed by atoms with E-state index in [1.807, 2.05) is 12.1 Å². The van der Waals surface area contributed by atoms with Gasteiger partial charge in [0, 0.05) is 22.3 Å². The third kappa shape index (κ3) is 3.53. The van der Waals surface area contributed by atoms with Crippen molar-refractivity contribution in [1.82, 2.24) is 4.98 Å². The molecule has 2 heterocycles. The van der Waals surface area contributed by atoms with Gasteiger partial charge in [-0.15, -0.1) is 0 Å². The first-order valence-electron chi connectivity index (χ1n) is 7.86. The Morgan fingerprint density at radius 1 is 1.12 bits per heavy atom. The van der Waals surface area contributed by atoms with Crippen molar-refractivity contribution < 1.29 is 13.6 Å². The number of nitrogens with one attached hydrogen (secondary N) is 1. The van der Waals surface area contributed by atoms with E-state index in [-0.39, 0.29) is 5.91 Å². The van der Waals surface area contributed by atoms with E-state index in [4.69, 9.17) is 20.4 Å². The number of benzene rings is 2. The lowest BCUT2D eigenvalue weighted by atomic mass is 10.2. The van der Waals surface area contributed by atoms with E-state index in [1.165, 1.54) is 6.08 Å². The van der Waals surface area contributed by atoms with Crippen molar-refractivity contribution in [1.29, 1.82) is 0 Å². The molecule has 26 heavy (non-hydrogen) atoms. The Balaban J connectivity index is 1.48. The molecule has 1 amide bonds. The molecule has 0 bridgehead atoms. The molecule has 5 nitrogen and oxygen atoms in total. The first-order chi connectivity index (χ1) is 12.7. The van der Waals surface area contributed by atoms with Crippen molar-refractivity contribution in [2.75, 3.05) is 5.32 Å². The van der Waals surface area contributed by atoms with Crippen LogP contribution in [-0.4, -0.2) is 10.9 Å². The van der Waals surface area contributed by atoms with Crippen molar-refractivity contribution in [3.8, 4) is 11.5 Å². The molecule has 0 radical (unpaired) electrons. The summed E-state index contributed by atoms with van der Waals surface area (Å²) in [6.07, 6.45) is 4.57. The number of hydrogen-bond donors (Lipinski definition) is 1. The highest BCUT2D eigenvalue weighted by Crippen LogP contribution is 2.27. The molecule has 0 aliphatic heterocycles. The Kier molecular flexibility index (Phi) is 4.29. The molecule has 0 saturated heterocycles. The number of hydrogen-bond acceptors (Lipinski definition) is 4. The topological polar surface area (TPSA) is 68.3 Å². The standard InChI is InChI=1S/C20H13ClN2O3/c21-14-5-9-18-17(12-14)23-20(26-18)13-3-6-15(7-4-13)22-19(24)10-8-16-2-1-11-25-16/h1-12H,(H,22,24). The van der Waals surface area contributed by atoms with Gasteiger partial charge in [0.25, 0.3) is 0 Å². The van der Waals surface area contributed by atoms with Gasteiger partial charge >= 0.3 is 0 Å². The lowest BCUT2D eigenvalue weighted by molar-refractivity contribution is -0.111. The van der Waals surface area contributed by atoms with Gasteiger partial charge in [0.15, 0.2) is 5.58 Å². The van der Waals surface area contributed by atoms with Gasteiger partial charge in [0.05, 0.1) is 6.26 Å². The van der Waals surface area contributed by atoms with E-state index in [1.54, 1.807) is 54.8 Å². The average molecular weight is 365 g/mol. The van der Waals surface area contributed by atoms with E-state index in [2.05, 4.69) is 10.3 Å². The van der Waals surface area contributed by atoms with Crippen molar-refractivity contribution in [2.24, 2.45) is 0 Å². The summed E-state index contributed by atoms with van der Waals surface area (Å²) in [6.45, 7) is 0. The first-order valence-corrected chi connectivity index (χ1v) is 8.24. The summed E-state index contributed by atoms with van der Waals surface area (Å²) in [5.74, 6) is 0.870. The lowest BCUT2D eigenvalue weighted by Gasteiger charge is -2.02. The normalized spacial score (nSPS) is 11.3. The second kappa shape index (κ2) is 6.90. The minimum atomic E-state index is -0.245. The quantitative estimate of drug-likeness (QED) is 0.493. The first kappa shape index (κ1) is 16.2. The fourth-order valence-electron chi connectivity index (χ4n) is 2.45.